The van der Waals surface area contributed by atoms with Gasteiger partial charge in [0.05, 0.1) is 4.92 Å². The molecule has 0 bridgehead atoms. The summed E-state index contributed by atoms with van der Waals surface area (Å²) in [6.07, 6.45) is 3.41. The van der Waals surface area contributed by atoms with Crippen LogP contribution < -0.4 is 10.6 Å². The molecule has 1 unspecified atom stereocenters. The van der Waals surface area contributed by atoms with E-state index in [4.69, 9.17) is 5.73 Å². The molecule has 0 aliphatic carbocycles. The molecule has 0 spiro atoms. The van der Waals surface area contributed by atoms with Crippen molar-refractivity contribution in [2.45, 2.75) is 18.9 Å². The molecule has 0 saturated carbocycles. The number of aromatic nitrogens is 2. The molecule has 0 radical (unpaired) electrons. The lowest BCUT2D eigenvalue weighted by atomic mass is 10.2. The molecule has 0 amide bonds. The third-order valence-electron chi connectivity index (χ3n) is 3.48. The van der Waals surface area contributed by atoms with Crippen LogP contribution in [0.2, 0.25) is 0 Å². The van der Waals surface area contributed by atoms with E-state index in [-0.39, 0.29) is 17.5 Å². The summed E-state index contributed by atoms with van der Waals surface area (Å²) >= 11 is 0. The average molecular weight is 266 g/mol. The quantitative estimate of drug-likeness (QED) is 0.625. The van der Waals surface area contributed by atoms with Gasteiger partial charge in [-0.15, -0.1) is 0 Å². The molecule has 104 valence electrons. The second-order valence-corrected chi connectivity index (χ2v) is 4.85. The predicted octanol–water partition coefficient (Wildman–Crippen LogP) is 0.497. The summed E-state index contributed by atoms with van der Waals surface area (Å²) in [5.41, 5.74) is 5.41. The number of anilines is 2. The molecule has 1 aliphatic rings. The second-order valence-electron chi connectivity index (χ2n) is 4.85. The van der Waals surface area contributed by atoms with Crippen LogP contribution in [-0.2, 0) is 0 Å². The van der Waals surface area contributed by atoms with Crippen LogP contribution in [0.25, 0.3) is 0 Å². The zero-order chi connectivity index (χ0) is 14.0. The SMILES string of the molecule is CN(CC1CCCN1C)c1nc(N)ncc1[N+](=O)[O-]. The van der Waals surface area contributed by atoms with E-state index in [2.05, 4.69) is 21.9 Å². The van der Waals surface area contributed by atoms with Gasteiger partial charge in [0.15, 0.2) is 0 Å². The highest BCUT2D eigenvalue weighted by molar-refractivity contribution is 5.57. The Balaban J connectivity index is 2.20. The standard InChI is InChI=1S/C11H18N6O2/c1-15-5-3-4-8(15)7-16(2)10-9(17(18)19)6-13-11(12)14-10/h6,8H,3-5,7H2,1-2H3,(H2,12,13,14). The lowest BCUT2D eigenvalue weighted by Gasteiger charge is -2.26. The van der Waals surface area contributed by atoms with Gasteiger partial charge in [0.2, 0.25) is 11.8 Å². The Morgan fingerprint density at radius 3 is 3.00 bits per heavy atom. The largest absolute Gasteiger partial charge is 0.368 e. The van der Waals surface area contributed by atoms with Crippen LogP contribution in [0.5, 0.6) is 0 Å². The van der Waals surface area contributed by atoms with Crippen molar-refractivity contribution in [1.82, 2.24) is 14.9 Å². The van der Waals surface area contributed by atoms with Crippen LogP contribution in [0.4, 0.5) is 17.5 Å². The molecule has 2 N–H and O–H groups in total. The Labute approximate surface area is 111 Å². The number of nitrogens with zero attached hydrogens (tertiary/aromatic N) is 5. The molecule has 8 heteroatoms. The maximum atomic E-state index is 11.0. The van der Waals surface area contributed by atoms with Crippen molar-refractivity contribution < 1.29 is 4.92 Å². The molecule has 0 aromatic carbocycles. The first-order chi connectivity index (χ1) is 8.99. The summed E-state index contributed by atoms with van der Waals surface area (Å²) in [5.74, 6) is 0.324. The lowest BCUT2D eigenvalue weighted by Crippen LogP contribution is -2.37. The number of hydrogen-bond donors (Lipinski definition) is 1. The number of nitro groups is 1. The van der Waals surface area contributed by atoms with E-state index in [1.807, 2.05) is 0 Å². The highest BCUT2D eigenvalue weighted by atomic mass is 16.6. The van der Waals surface area contributed by atoms with E-state index in [9.17, 15) is 10.1 Å². The zero-order valence-corrected chi connectivity index (χ0v) is 11.1. The Morgan fingerprint density at radius 1 is 1.68 bits per heavy atom. The molecule has 1 fully saturated rings. The molecule has 1 atom stereocenters. The van der Waals surface area contributed by atoms with Crippen molar-refractivity contribution in [3.05, 3.63) is 16.3 Å². The number of rotatable bonds is 4. The number of likely N-dealkylation sites (tertiary alicyclic amines) is 1. The van der Waals surface area contributed by atoms with Gasteiger partial charge >= 0.3 is 5.69 Å². The van der Waals surface area contributed by atoms with Gasteiger partial charge in [-0.1, -0.05) is 0 Å². The molecule has 2 heterocycles. The van der Waals surface area contributed by atoms with Gasteiger partial charge in [0.1, 0.15) is 6.20 Å². The van der Waals surface area contributed by atoms with Crippen molar-refractivity contribution in [1.29, 1.82) is 0 Å². The highest BCUT2D eigenvalue weighted by Crippen LogP contribution is 2.26. The fraction of sp³-hybridized carbons (Fsp3) is 0.636. The molecule has 1 saturated heterocycles. The Hall–Kier alpha value is -1.96. The van der Waals surface area contributed by atoms with Gasteiger partial charge in [0.25, 0.3) is 0 Å². The fourth-order valence-corrected chi connectivity index (χ4v) is 2.40. The minimum absolute atomic E-state index is 0.0484. The van der Waals surface area contributed by atoms with Crippen molar-refractivity contribution in [2.75, 3.05) is 37.8 Å². The number of likely N-dealkylation sites (N-methyl/N-ethyl adjacent to an activating group) is 2. The predicted molar refractivity (Wildman–Crippen MR) is 72.0 cm³/mol. The molecular weight excluding hydrogens is 248 g/mol. The van der Waals surface area contributed by atoms with E-state index in [1.54, 1.807) is 11.9 Å². The lowest BCUT2D eigenvalue weighted by molar-refractivity contribution is -0.384. The smallest absolute Gasteiger partial charge is 0.329 e. The average Bonchev–Trinajstić information content (AvgIpc) is 2.74. The normalized spacial score (nSPS) is 19.6. The van der Waals surface area contributed by atoms with Crippen LogP contribution in [-0.4, -0.2) is 53.0 Å². The summed E-state index contributed by atoms with van der Waals surface area (Å²) in [5, 5.41) is 11.0. The van der Waals surface area contributed by atoms with Crippen molar-refractivity contribution >= 4 is 17.5 Å². The van der Waals surface area contributed by atoms with Gasteiger partial charge in [0, 0.05) is 19.6 Å². The third-order valence-corrected chi connectivity index (χ3v) is 3.48. The van der Waals surface area contributed by atoms with Gasteiger partial charge < -0.3 is 15.5 Å². The van der Waals surface area contributed by atoms with E-state index < -0.39 is 4.92 Å². The van der Waals surface area contributed by atoms with Crippen molar-refractivity contribution in [3.63, 3.8) is 0 Å². The molecule has 1 aliphatic heterocycles. The van der Waals surface area contributed by atoms with Crippen LogP contribution >= 0.6 is 0 Å². The summed E-state index contributed by atoms with van der Waals surface area (Å²) in [6.45, 7) is 1.75. The first-order valence-corrected chi connectivity index (χ1v) is 6.17. The van der Waals surface area contributed by atoms with Gasteiger partial charge in [-0.3, -0.25) is 10.1 Å². The Kier molecular flexibility index (Phi) is 3.79. The zero-order valence-electron chi connectivity index (χ0n) is 11.1. The van der Waals surface area contributed by atoms with E-state index in [1.165, 1.54) is 0 Å². The molecular formula is C11H18N6O2. The molecule has 19 heavy (non-hydrogen) atoms. The van der Waals surface area contributed by atoms with E-state index in [0.29, 0.717) is 12.6 Å². The van der Waals surface area contributed by atoms with Crippen molar-refractivity contribution in [2.24, 2.45) is 0 Å². The maximum Gasteiger partial charge on any atom is 0.329 e. The monoisotopic (exact) mass is 266 g/mol. The summed E-state index contributed by atoms with van der Waals surface area (Å²) in [4.78, 5) is 22.2. The highest BCUT2D eigenvalue weighted by Gasteiger charge is 2.26. The number of nitrogen functional groups attached to an aromatic ring is 1. The molecule has 1 aromatic heterocycles. The van der Waals surface area contributed by atoms with Gasteiger partial charge in [-0.05, 0) is 26.4 Å². The second kappa shape index (κ2) is 5.35. The topological polar surface area (TPSA) is 101 Å². The van der Waals surface area contributed by atoms with E-state index >= 15 is 0 Å². The maximum absolute atomic E-state index is 11.0. The summed E-state index contributed by atoms with van der Waals surface area (Å²) in [7, 11) is 3.86. The number of hydrogen-bond acceptors (Lipinski definition) is 7. The minimum atomic E-state index is -0.483. The van der Waals surface area contributed by atoms with E-state index in [0.717, 1.165) is 25.6 Å². The molecule has 1 aromatic rings. The van der Waals surface area contributed by atoms with Gasteiger partial charge in [-0.25, -0.2) is 4.98 Å². The number of nitrogens with two attached hydrogens (primary N) is 1. The molecule has 8 nitrogen and oxygen atoms in total. The first-order valence-electron chi connectivity index (χ1n) is 6.17. The van der Waals surface area contributed by atoms with Crippen LogP contribution in [0.15, 0.2) is 6.20 Å². The fourth-order valence-electron chi connectivity index (χ4n) is 2.40. The van der Waals surface area contributed by atoms with Crippen LogP contribution in [0.3, 0.4) is 0 Å². The van der Waals surface area contributed by atoms with Crippen LogP contribution in [0, 0.1) is 10.1 Å². The first kappa shape index (κ1) is 13.5. The minimum Gasteiger partial charge on any atom is -0.368 e. The van der Waals surface area contributed by atoms with Gasteiger partial charge in [-0.2, -0.15) is 4.98 Å². The Morgan fingerprint density at radius 2 is 2.42 bits per heavy atom. The third kappa shape index (κ3) is 2.90. The summed E-state index contributed by atoms with van der Waals surface area (Å²) in [6, 6.07) is 0.390. The molecule has 2 rings (SSSR count). The Bertz CT molecular complexity index is 480. The summed E-state index contributed by atoms with van der Waals surface area (Å²) < 4.78 is 0. The van der Waals surface area contributed by atoms with Crippen molar-refractivity contribution in [3.8, 4) is 0 Å². The van der Waals surface area contributed by atoms with Crippen LogP contribution in [0.1, 0.15) is 12.8 Å².